The second kappa shape index (κ2) is 4.02. The van der Waals surface area contributed by atoms with Crippen LogP contribution in [0, 0.1) is 11.3 Å². The van der Waals surface area contributed by atoms with E-state index >= 15 is 0 Å². The molecule has 0 aliphatic rings. The molecule has 0 aliphatic carbocycles. The van der Waals surface area contributed by atoms with Gasteiger partial charge in [0, 0.05) is 11.1 Å². The molecule has 1 aromatic rings. The highest BCUT2D eigenvalue weighted by molar-refractivity contribution is 5.38. The molecule has 2 nitrogen and oxygen atoms in total. The minimum atomic E-state index is -0.0734. The molecule has 1 aromatic heterocycles. The lowest BCUT2D eigenvalue weighted by atomic mass is 9.88. The van der Waals surface area contributed by atoms with Gasteiger partial charge in [-0.3, -0.25) is 4.98 Å². The molecule has 80 valence electrons. The van der Waals surface area contributed by atoms with Crippen LogP contribution in [0.15, 0.2) is 12.1 Å². The molecule has 0 bridgehead atoms. The number of nitrogens with zero attached hydrogens (tertiary/aromatic N) is 2. The number of aromatic nitrogens is 1. The van der Waals surface area contributed by atoms with Gasteiger partial charge in [-0.05, 0) is 18.1 Å². The summed E-state index contributed by atoms with van der Waals surface area (Å²) in [6, 6.07) is 6.03. The largest absolute Gasteiger partial charge is 0.256 e. The van der Waals surface area contributed by atoms with Crippen molar-refractivity contribution in [2.75, 3.05) is 0 Å². The lowest BCUT2D eigenvalue weighted by molar-refractivity contribution is 0.561. The van der Waals surface area contributed by atoms with E-state index in [1.807, 2.05) is 12.1 Å². The van der Waals surface area contributed by atoms with Gasteiger partial charge < -0.3 is 0 Å². The van der Waals surface area contributed by atoms with Crippen molar-refractivity contribution >= 4 is 0 Å². The molecule has 0 aliphatic heterocycles. The van der Waals surface area contributed by atoms with E-state index in [1.165, 1.54) is 0 Å². The molecular weight excluding hydrogens is 184 g/mol. The van der Waals surface area contributed by atoms with E-state index in [0.717, 1.165) is 11.4 Å². The summed E-state index contributed by atoms with van der Waals surface area (Å²) < 4.78 is 0. The maximum absolute atomic E-state index is 9.02. The zero-order chi connectivity index (χ0) is 11.6. The van der Waals surface area contributed by atoms with Crippen LogP contribution in [0.3, 0.4) is 0 Å². The van der Waals surface area contributed by atoms with Crippen LogP contribution in [-0.2, 0) is 5.41 Å². The molecule has 0 aromatic carbocycles. The van der Waals surface area contributed by atoms with Gasteiger partial charge in [0.1, 0.15) is 6.07 Å². The predicted octanol–water partition coefficient (Wildman–Crippen LogP) is 3.37. The number of rotatable bonds is 1. The third-order valence-electron chi connectivity index (χ3n) is 2.34. The number of nitriles is 1. The summed E-state index contributed by atoms with van der Waals surface area (Å²) in [5.41, 5.74) is 2.57. The Morgan fingerprint density at radius 3 is 2.27 bits per heavy atom. The van der Waals surface area contributed by atoms with Gasteiger partial charge >= 0.3 is 0 Å². The first-order valence-electron chi connectivity index (χ1n) is 5.27. The fourth-order valence-electron chi connectivity index (χ4n) is 1.46. The van der Waals surface area contributed by atoms with Crippen LogP contribution in [0.5, 0.6) is 0 Å². The highest BCUT2D eigenvalue weighted by atomic mass is 14.7. The van der Waals surface area contributed by atoms with Gasteiger partial charge in [0.15, 0.2) is 0 Å². The Morgan fingerprint density at radius 1 is 1.27 bits per heavy atom. The lowest BCUT2D eigenvalue weighted by Gasteiger charge is -2.20. The van der Waals surface area contributed by atoms with Gasteiger partial charge in [0.25, 0.3) is 0 Å². The molecule has 0 amide bonds. The van der Waals surface area contributed by atoms with Gasteiger partial charge in [0.2, 0.25) is 0 Å². The lowest BCUT2D eigenvalue weighted by Crippen LogP contribution is -2.17. The Morgan fingerprint density at radius 2 is 1.87 bits per heavy atom. The summed E-state index contributed by atoms with van der Waals surface area (Å²) in [5.74, 6) is 0.402. The van der Waals surface area contributed by atoms with Crippen LogP contribution in [0.2, 0.25) is 0 Å². The fraction of sp³-hybridized carbons (Fsp3) is 0.538. The van der Waals surface area contributed by atoms with Crippen molar-refractivity contribution in [3.8, 4) is 6.07 Å². The summed E-state index contributed by atoms with van der Waals surface area (Å²) in [7, 11) is 0. The second-order valence-corrected chi connectivity index (χ2v) is 5.15. The quantitative estimate of drug-likeness (QED) is 0.700. The second-order valence-electron chi connectivity index (χ2n) is 5.15. The highest BCUT2D eigenvalue weighted by Crippen LogP contribution is 2.25. The Labute approximate surface area is 92.0 Å². The Kier molecular flexibility index (Phi) is 3.14. The molecule has 0 saturated heterocycles. The number of hydrogen-bond donors (Lipinski definition) is 0. The molecule has 0 N–H and O–H groups in total. The van der Waals surface area contributed by atoms with E-state index < -0.39 is 0 Å². The van der Waals surface area contributed by atoms with Crippen molar-refractivity contribution in [1.29, 1.82) is 5.26 Å². The SMILES string of the molecule is CC(C)c1ccc(C#N)c(C(C)(C)C)n1. The van der Waals surface area contributed by atoms with E-state index in [4.69, 9.17) is 5.26 Å². The Hall–Kier alpha value is -1.36. The molecule has 0 spiro atoms. The van der Waals surface area contributed by atoms with Crippen molar-refractivity contribution in [3.63, 3.8) is 0 Å². The standard InChI is InChI=1S/C13H18N2/c1-9(2)11-7-6-10(8-14)12(15-11)13(3,4)5/h6-7,9H,1-5H3. The Bertz CT molecular complexity index is 392. The predicted molar refractivity (Wildman–Crippen MR) is 61.7 cm³/mol. The molecular formula is C13H18N2. The first-order chi connectivity index (χ1) is 6.86. The first-order valence-corrected chi connectivity index (χ1v) is 5.27. The average Bonchev–Trinajstić information content (AvgIpc) is 2.15. The van der Waals surface area contributed by atoms with Gasteiger partial charge in [-0.15, -0.1) is 0 Å². The van der Waals surface area contributed by atoms with Crippen LogP contribution >= 0.6 is 0 Å². The molecule has 0 atom stereocenters. The minimum absolute atomic E-state index is 0.0734. The summed E-state index contributed by atoms with van der Waals surface area (Å²) in [5, 5.41) is 9.02. The average molecular weight is 202 g/mol. The van der Waals surface area contributed by atoms with Crippen LogP contribution in [0.25, 0.3) is 0 Å². The molecule has 1 heterocycles. The van der Waals surface area contributed by atoms with Crippen molar-refractivity contribution in [3.05, 3.63) is 29.1 Å². The maximum Gasteiger partial charge on any atom is 0.101 e. The van der Waals surface area contributed by atoms with Crippen LogP contribution in [0.4, 0.5) is 0 Å². The molecule has 0 unspecified atom stereocenters. The van der Waals surface area contributed by atoms with E-state index in [-0.39, 0.29) is 5.41 Å². The van der Waals surface area contributed by atoms with Crippen molar-refractivity contribution < 1.29 is 0 Å². The van der Waals surface area contributed by atoms with Crippen LogP contribution in [0.1, 0.15) is 57.5 Å². The van der Waals surface area contributed by atoms with Gasteiger partial charge in [-0.25, -0.2) is 0 Å². The fourth-order valence-corrected chi connectivity index (χ4v) is 1.46. The first kappa shape index (κ1) is 11.7. The summed E-state index contributed by atoms with van der Waals surface area (Å²) in [6.07, 6.45) is 0. The molecule has 0 fully saturated rings. The van der Waals surface area contributed by atoms with E-state index in [0.29, 0.717) is 11.5 Å². The van der Waals surface area contributed by atoms with Crippen molar-refractivity contribution in [2.45, 2.75) is 46.0 Å². The molecule has 0 saturated carbocycles. The van der Waals surface area contributed by atoms with E-state index in [2.05, 4.69) is 45.7 Å². The van der Waals surface area contributed by atoms with Gasteiger partial charge in [-0.1, -0.05) is 34.6 Å². The zero-order valence-electron chi connectivity index (χ0n) is 10.1. The third kappa shape index (κ3) is 2.56. The number of hydrogen-bond acceptors (Lipinski definition) is 2. The van der Waals surface area contributed by atoms with Gasteiger partial charge in [0.05, 0.1) is 11.3 Å². The van der Waals surface area contributed by atoms with Gasteiger partial charge in [-0.2, -0.15) is 5.26 Å². The van der Waals surface area contributed by atoms with Crippen molar-refractivity contribution in [2.24, 2.45) is 0 Å². The molecule has 0 radical (unpaired) electrons. The minimum Gasteiger partial charge on any atom is -0.256 e. The monoisotopic (exact) mass is 202 g/mol. The van der Waals surface area contributed by atoms with Crippen LogP contribution in [-0.4, -0.2) is 4.98 Å². The summed E-state index contributed by atoms with van der Waals surface area (Å²) in [6.45, 7) is 10.5. The third-order valence-corrected chi connectivity index (χ3v) is 2.34. The molecule has 2 heteroatoms. The summed E-state index contributed by atoms with van der Waals surface area (Å²) >= 11 is 0. The smallest absolute Gasteiger partial charge is 0.101 e. The summed E-state index contributed by atoms with van der Waals surface area (Å²) in [4.78, 5) is 4.59. The van der Waals surface area contributed by atoms with E-state index in [1.54, 1.807) is 0 Å². The molecule has 1 rings (SSSR count). The van der Waals surface area contributed by atoms with E-state index in [9.17, 15) is 0 Å². The maximum atomic E-state index is 9.02. The van der Waals surface area contributed by atoms with Crippen molar-refractivity contribution in [1.82, 2.24) is 4.98 Å². The molecule has 15 heavy (non-hydrogen) atoms. The zero-order valence-corrected chi connectivity index (χ0v) is 10.1. The van der Waals surface area contributed by atoms with Crippen LogP contribution < -0.4 is 0 Å². The topological polar surface area (TPSA) is 36.7 Å². The Balaban J connectivity index is 3.34. The normalized spacial score (nSPS) is 11.5. The number of pyridine rings is 1. The highest BCUT2D eigenvalue weighted by Gasteiger charge is 2.20.